The van der Waals surface area contributed by atoms with E-state index < -0.39 is 0 Å². The average Bonchev–Trinajstić information content (AvgIpc) is 2.70. The molecule has 1 aliphatic heterocycles. The highest BCUT2D eigenvalue weighted by molar-refractivity contribution is 9.09. The molecule has 1 aliphatic rings. The normalized spacial score (nSPS) is 19.8. The maximum absolute atomic E-state index is 11.9. The highest BCUT2D eigenvalue weighted by Gasteiger charge is 2.31. The van der Waals surface area contributed by atoms with Crippen molar-refractivity contribution in [2.75, 3.05) is 23.9 Å². The van der Waals surface area contributed by atoms with E-state index in [4.69, 9.17) is 16.3 Å². The van der Waals surface area contributed by atoms with Crippen LogP contribution in [0.25, 0.3) is 0 Å². The van der Waals surface area contributed by atoms with Crippen LogP contribution in [0.1, 0.15) is 6.42 Å². The van der Waals surface area contributed by atoms with E-state index >= 15 is 0 Å². The van der Waals surface area contributed by atoms with Crippen molar-refractivity contribution >= 4 is 39.1 Å². The number of rotatable bonds is 3. The zero-order chi connectivity index (χ0) is 12.4. The maximum Gasteiger partial charge on any atom is 0.227 e. The molecule has 0 saturated carbocycles. The van der Waals surface area contributed by atoms with E-state index in [0.29, 0.717) is 29.7 Å². The lowest BCUT2D eigenvalue weighted by molar-refractivity contribution is -0.117. The smallest absolute Gasteiger partial charge is 0.227 e. The lowest BCUT2D eigenvalue weighted by Crippen LogP contribution is -2.25. The monoisotopic (exact) mass is 317 g/mol. The Morgan fingerprint density at radius 3 is 2.94 bits per heavy atom. The van der Waals surface area contributed by atoms with Crippen LogP contribution in [0.4, 0.5) is 5.69 Å². The highest BCUT2D eigenvalue weighted by Crippen LogP contribution is 2.38. The average molecular weight is 319 g/mol. The van der Waals surface area contributed by atoms with Crippen molar-refractivity contribution < 1.29 is 9.53 Å². The van der Waals surface area contributed by atoms with Crippen LogP contribution in [0.2, 0.25) is 5.02 Å². The third-order valence-corrected chi connectivity index (χ3v) is 4.08. The molecule has 1 amide bonds. The maximum atomic E-state index is 11.9. The minimum atomic E-state index is 0.120. The van der Waals surface area contributed by atoms with Gasteiger partial charge in [-0.3, -0.25) is 4.79 Å². The van der Waals surface area contributed by atoms with E-state index in [2.05, 4.69) is 15.9 Å². The van der Waals surface area contributed by atoms with Gasteiger partial charge in [-0.25, -0.2) is 0 Å². The highest BCUT2D eigenvalue weighted by atomic mass is 79.9. The number of benzene rings is 1. The summed E-state index contributed by atoms with van der Waals surface area (Å²) in [4.78, 5) is 13.7. The van der Waals surface area contributed by atoms with Gasteiger partial charge in [0.2, 0.25) is 5.91 Å². The molecule has 1 heterocycles. The number of nitrogens with zero attached hydrogens (tertiary/aromatic N) is 1. The molecule has 92 valence electrons. The molecule has 2 rings (SSSR count). The van der Waals surface area contributed by atoms with Crippen molar-refractivity contribution in [3.8, 4) is 5.75 Å². The van der Waals surface area contributed by atoms with Gasteiger partial charge in [0.1, 0.15) is 0 Å². The molecule has 0 bridgehead atoms. The first-order valence-electron chi connectivity index (χ1n) is 5.36. The number of methoxy groups -OCH3 is 1. The predicted molar refractivity (Wildman–Crippen MR) is 72.3 cm³/mol. The number of anilines is 1. The van der Waals surface area contributed by atoms with Gasteiger partial charge in [0.05, 0.1) is 17.8 Å². The van der Waals surface area contributed by atoms with Gasteiger partial charge in [-0.1, -0.05) is 33.6 Å². The first kappa shape index (κ1) is 12.7. The summed E-state index contributed by atoms with van der Waals surface area (Å²) in [6.45, 7) is 0.709. The van der Waals surface area contributed by atoms with Crippen molar-refractivity contribution in [1.82, 2.24) is 0 Å². The number of halogens is 2. The second kappa shape index (κ2) is 5.27. The largest absolute Gasteiger partial charge is 0.493 e. The quantitative estimate of drug-likeness (QED) is 0.802. The molecule has 1 unspecified atom stereocenters. The molecule has 1 fully saturated rings. The Hall–Kier alpha value is -0.740. The summed E-state index contributed by atoms with van der Waals surface area (Å²) in [6, 6.07) is 5.44. The van der Waals surface area contributed by atoms with E-state index in [0.717, 1.165) is 11.0 Å². The number of hydrogen-bond acceptors (Lipinski definition) is 2. The number of para-hydroxylation sites is 1. The summed E-state index contributed by atoms with van der Waals surface area (Å²) in [6.07, 6.45) is 0.570. The van der Waals surface area contributed by atoms with Crippen LogP contribution >= 0.6 is 27.5 Å². The van der Waals surface area contributed by atoms with Crippen LogP contribution in [-0.2, 0) is 4.79 Å². The zero-order valence-electron chi connectivity index (χ0n) is 9.45. The topological polar surface area (TPSA) is 29.5 Å². The first-order chi connectivity index (χ1) is 8.17. The molecule has 3 nitrogen and oxygen atoms in total. The summed E-state index contributed by atoms with van der Waals surface area (Å²) in [7, 11) is 1.56. The van der Waals surface area contributed by atoms with Crippen molar-refractivity contribution in [2.24, 2.45) is 5.92 Å². The molecule has 5 heteroatoms. The first-order valence-corrected chi connectivity index (χ1v) is 6.86. The van der Waals surface area contributed by atoms with Crippen molar-refractivity contribution in [3.05, 3.63) is 23.2 Å². The van der Waals surface area contributed by atoms with Crippen LogP contribution < -0.4 is 9.64 Å². The molecule has 0 spiro atoms. The van der Waals surface area contributed by atoms with Crippen LogP contribution in [0.15, 0.2) is 18.2 Å². The van der Waals surface area contributed by atoms with Gasteiger partial charge >= 0.3 is 0 Å². The van der Waals surface area contributed by atoms with Gasteiger partial charge in [-0.2, -0.15) is 0 Å². The van der Waals surface area contributed by atoms with Crippen molar-refractivity contribution in [3.63, 3.8) is 0 Å². The van der Waals surface area contributed by atoms with Crippen molar-refractivity contribution in [1.29, 1.82) is 0 Å². The molecule has 1 atom stereocenters. The Morgan fingerprint density at radius 2 is 2.35 bits per heavy atom. The van der Waals surface area contributed by atoms with E-state index in [1.807, 2.05) is 12.1 Å². The predicted octanol–water partition coefficient (Wildman–Crippen LogP) is 3.10. The Bertz CT molecular complexity index is 439. The van der Waals surface area contributed by atoms with Gasteiger partial charge < -0.3 is 9.64 Å². The molecule has 1 aromatic carbocycles. The Labute approximate surface area is 114 Å². The second-order valence-corrected chi connectivity index (χ2v) is 5.08. The fraction of sp³-hybridized carbons (Fsp3) is 0.417. The number of carbonyl (C=O) groups is 1. The molecule has 0 N–H and O–H groups in total. The Kier molecular flexibility index (Phi) is 3.94. The Balaban J connectivity index is 2.34. The summed E-state index contributed by atoms with van der Waals surface area (Å²) < 4.78 is 5.27. The van der Waals surface area contributed by atoms with E-state index in [1.165, 1.54) is 0 Å². The van der Waals surface area contributed by atoms with Gasteiger partial charge in [0.25, 0.3) is 0 Å². The van der Waals surface area contributed by atoms with Crippen LogP contribution in [0, 0.1) is 5.92 Å². The minimum absolute atomic E-state index is 0.120. The second-order valence-electron chi connectivity index (χ2n) is 4.02. The fourth-order valence-electron chi connectivity index (χ4n) is 2.03. The van der Waals surface area contributed by atoms with Gasteiger partial charge in [0, 0.05) is 18.3 Å². The fourth-order valence-corrected chi connectivity index (χ4v) is 2.71. The molecular formula is C12H13BrClNO2. The lowest BCUT2D eigenvalue weighted by Gasteiger charge is -2.20. The van der Waals surface area contributed by atoms with Crippen molar-refractivity contribution in [2.45, 2.75) is 6.42 Å². The van der Waals surface area contributed by atoms with Crippen LogP contribution in [-0.4, -0.2) is 24.9 Å². The molecule has 17 heavy (non-hydrogen) atoms. The van der Waals surface area contributed by atoms with E-state index in [-0.39, 0.29) is 5.91 Å². The summed E-state index contributed by atoms with van der Waals surface area (Å²) in [5.41, 5.74) is 0.758. The van der Waals surface area contributed by atoms with Crippen LogP contribution in [0.3, 0.4) is 0 Å². The van der Waals surface area contributed by atoms with Gasteiger partial charge in [0.15, 0.2) is 5.75 Å². The number of carbonyl (C=O) groups excluding carboxylic acids is 1. The summed E-state index contributed by atoms with van der Waals surface area (Å²) in [5, 5.41) is 1.36. The summed E-state index contributed by atoms with van der Waals surface area (Å²) in [5.74, 6) is 1.04. The standard InChI is InChI=1S/C12H13BrClNO2/c1-17-12-9(14)3-2-4-10(12)15-7-8(6-13)5-11(15)16/h2-4,8H,5-7H2,1H3. The van der Waals surface area contributed by atoms with Gasteiger partial charge in [-0.05, 0) is 18.1 Å². The van der Waals surface area contributed by atoms with E-state index in [1.54, 1.807) is 18.1 Å². The lowest BCUT2D eigenvalue weighted by atomic mass is 10.2. The third kappa shape index (κ3) is 2.43. The molecule has 0 radical (unpaired) electrons. The molecule has 1 saturated heterocycles. The van der Waals surface area contributed by atoms with E-state index in [9.17, 15) is 4.79 Å². The summed E-state index contributed by atoms with van der Waals surface area (Å²) >= 11 is 9.47. The molecule has 1 aromatic rings. The number of hydrogen-bond donors (Lipinski definition) is 0. The molecular weight excluding hydrogens is 305 g/mol. The third-order valence-electron chi connectivity index (χ3n) is 2.86. The minimum Gasteiger partial charge on any atom is -0.493 e. The zero-order valence-corrected chi connectivity index (χ0v) is 11.8. The molecule has 0 aromatic heterocycles. The SMILES string of the molecule is COc1c(Cl)cccc1N1CC(CBr)CC1=O. The van der Waals surface area contributed by atoms with Crippen LogP contribution in [0.5, 0.6) is 5.75 Å². The molecule has 0 aliphatic carbocycles. The Morgan fingerprint density at radius 1 is 1.59 bits per heavy atom. The van der Waals surface area contributed by atoms with Gasteiger partial charge in [-0.15, -0.1) is 0 Å². The number of alkyl halides is 1. The number of amides is 1. The number of ether oxygens (including phenoxy) is 1.